The predicted molar refractivity (Wildman–Crippen MR) is 80.6 cm³/mol. The highest BCUT2D eigenvalue weighted by molar-refractivity contribution is 6.00. The summed E-state index contributed by atoms with van der Waals surface area (Å²) in [5.74, 6) is 0.0661. The Morgan fingerprint density at radius 3 is 3.10 bits per heavy atom. The zero-order valence-corrected chi connectivity index (χ0v) is 11.5. The lowest BCUT2D eigenvalue weighted by Gasteiger charge is -2.26. The Hall–Kier alpha value is -2.30. The fraction of sp³-hybridized carbons (Fsp3) is 0.333. The van der Waals surface area contributed by atoms with E-state index in [1.54, 1.807) is 13.2 Å². The average molecular weight is 270 g/mol. The van der Waals surface area contributed by atoms with Gasteiger partial charge in [-0.2, -0.15) is 0 Å². The van der Waals surface area contributed by atoms with E-state index in [9.17, 15) is 4.79 Å². The normalized spacial score (nSPS) is 18.4. The number of hydrogen-bond donors (Lipinski definition) is 2. The molecule has 0 spiro atoms. The highest BCUT2D eigenvalue weighted by Gasteiger charge is 2.31. The first kappa shape index (κ1) is 12.7. The van der Waals surface area contributed by atoms with Gasteiger partial charge in [0.1, 0.15) is 6.04 Å². The molecule has 5 heteroatoms. The largest absolute Gasteiger partial charge is 0.397 e. The van der Waals surface area contributed by atoms with Crippen molar-refractivity contribution >= 4 is 28.2 Å². The van der Waals surface area contributed by atoms with Gasteiger partial charge in [-0.25, -0.2) is 0 Å². The smallest absolute Gasteiger partial charge is 0.242 e. The molecule has 3 N–H and O–H groups in total. The summed E-state index contributed by atoms with van der Waals surface area (Å²) in [7, 11) is 1.68. The van der Waals surface area contributed by atoms with Crippen LogP contribution in [0.3, 0.4) is 0 Å². The molecule has 1 unspecified atom stereocenters. The van der Waals surface area contributed by atoms with Crippen molar-refractivity contribution in [1.29, 1.82) is 0 Å². The van der Waals surface area contributed by atoms with Crippen LogP contribution in [-0.2, 0) is 4.79 Å². The van der Waals surface area contributed by atoms with Crippen LogP contribution >= 0.6 is 0 Å². The van der Waals surface area contributed by atoms with Crippen molar-refractivity contribution in [2.75, 3.05) is 24.2 Å². The lowest BCUT2D eigenvalue weighted by atomic mass is 10.1. The minimum absolute atomic E-state index is 0.0661. The number of rotatable bonds is 2. The number of carbonyl (C=O) groups is 1. The second kappa shape index (κ2) is 5.00. The molecule has 1 saturated heterocycles. The zero-order valence-electron chi connectivity index (χ0n) is 11.5. The zero-order chi connectivity index (χ0) is 14.1. The minimum atomic E-state index is -0.105. The van der Waals surface area contributed by atoms with Crippen molar-refractivity contribution in [2.24, 2.45) is 0 Å². The standard InChI is InChI=1S/C15H18N4O/c1-17-15(20)13-5-3-9-19(13)12-7-6-11(16)14-10(12)4-2-8-18-14/h2,4,6-8,13H,3,5,9,16H2,1H3,(H,17,20). The van der Waals surface area contributed by atoms with Crippen LogP contribution in [0.25, 0.3) is 10.9 Å². The molecule has 2 heterocycles. The Labute approximate surface area is 117 Å². The van der Waals surface area contributed by atoms with E-state index in [0.717, 1.165) is 36.0 Å². The maximum atomic E-state index is 12.0. The number of nitrogens with two attached hydrogens (primary N) is 1. The van der Waals surface area contributed by atoms with Gasteiger partial charge in [-0.05, 0) is 37.1 Å². The monoisotopic (exact) mass is 270 g/mol. The minimum Gasteiger partial charge on any atom is -0.397 e. The van der Waals surface area contributed by atoms with Crippen LogP contribution in [0.15, 0.2) is 30.5 Å². The number of likely N-dealkylation sites (N-methyl/N-ethyl adjacent to an activating group) is 1. The van der Waals surface area contributed by atoms with E-state index < -0.39 is 0 Å². The van der Waals surface area contributed by atoms with Gasteiger partial charge in [0, 0.05) is 30.9 Å². The second-order valence-corrected chi connectivity index (χ2v) is 5.04. The van der Waals surface area contributed by atoms with E-state index in [0.29, 0.717) is 5.69 Å². The first-order valence-electron chi connectivity index (χ1n) is 6.84. The quantitative estimate of drug-likeness (QED) is 0.812. The summed E-state index contributed by atoms with van der Waals surface area (Å²) >= 11 is 0. The topological polar surface area (TPSA) is 71.2 Å². The van der Waals surface area contributed by atoms with Gasteiger partial charge in [0.2, 0.25) is 5.91 Å². The molecule has 0 bridgehead atoms. The number of hydrogen-bond acceptors (Lipinski definition) is 4. The number of fused-ring (bicyclic) bond motifs is 1. The van der Waals surface area contributed by atoms with Crippen LogP contribution in [0, 0.1) is 0 Å². The maximum absolute atomic E-state index is 12.0. The molecule has 1 aromatic carbocycles. The van der Waals surface area contributed by atoms with E-state index in [4.69, 9.17) is 5.73 Å². The molecule has 5 nitrogen and oxygen atoms in total. The van der Waals surface area contributed by atoms with Gasteiger partial charge < -0.3 is 16.0 Å². The van der Waals surface area contributed by atoms with Gasteiger partial charge >= 0.3 is 0 Å². The number of carbonyl (C=O) groups excluding carboxylic acids is 1. The van der Waals surface area contributed by atoms with Gasteiger partial charge in [0.05, 0.1) is 11.2 Å². The molecule has 1 atom stereocenters. The van der Waals surface area contributed by atoms with Gasteiger partial charge in [-0.3, -0.25) is 9.78 Å². The molecule has 1 aliphatic rings. The summed E-state index contributed by atoms with van der Waals surface area (Å²) in [5, 5.41) is 3.75. The molecular weight excluding hydrogens is 252 g/mol. The van der Waals surface area contributed by atoms with E-state index in [2.05, 4.69) is 15.2 Å². The van der Waals surface area contributed by atoms with Crippen molar-refractivity contribution in [2.45, 2.75) is 18.9 Å². The maximum Gasteiger partial charge on any atom is 0.242 e. The first-order chi connectivity index (χ1) is 9.72. The third kappa shape index (κ3) is 1.95. The van der Waals surface area contributed by atoms with Crippen molar-refractivity contribution < 1.29 is 4.79 Å². The lowest BCUT2D eigenvalue weighted by Crippen LogP contribution is -2.42. The summed E-state index contributed by atoms with van der Waals surface area (Å²) in [6, 6.07) is 7.65. The Kier molecular flexibility index (Phi) is 3.18. The van der Waals surface area contributed by atoms with Crippen molar-refractivity contribution in [3.8, 4) is 0 Å². The van der Waals surface area contributed by atoms with Crippen LogP contribution in [0.4, 0.5) is 11.4 Å². The van der Waals surface area contributed by atoms with E-state index in [-0.39, 0.29) is 11.9 Å². The molecule has 0 saturated carbocycles. The molecule has 0 aliphatic carbocycles. The summed E-state index contributed by atoms with van der Waals surface area (Å²) in [6.45, 7) is 0.881. The molecule has 1 fully saturated rings. The number of pyridine rings is 1. The SMILES string of the molecule is CNC(=O)C1CCCN1c1ccc(N)c2ncccc12. The summed E-state index contributed by atoms with van der Waals surface area (Å²) in [6.07, 6.45) is 3.64. The van der Waals surface area contributed by atoms with Gasteiger partial charge in [-0.1, -0.05) is 0 Å². The number of aromatic nitrogens is 1. The van der Waals surface area contributed by atoms with Crippen molar-refractivity contribution in [1.82, 2.24) is 10.3 Å². The van der Waals surface area contributed by atoms with Crippen LogP contribution in [-0.4, -0.2) is 30.5 Å². The Bertz CT molecular complexity index is 655. The molecular formula is C15H18N4O. The van der Waals surface area contributed by atoms with Gasteiger partial charge in [0.15, 0.2) is 0 Å². The van der Waals surface area contributed by atoms with E-state index in [1.807, 2.05) is 24.3 Å². The third-order valence-corrected chi connectivity index (χ3v) is 3.89. The van der Waals surface area contributed by atoms with Crippen LogP contribution in [0.5, 0.6) is 0 Å². The Morgan fingerprint density at radius 1 is 1.45 bits per heavy atom. The Morgan fingerprint density at radius 2 is 2.30 bits per heavy atom. The number of amides is 1. The molecule has 104 valence electrons. The first-order valence-corrected chi connectivity index (χ1v) is 6.84. The predicted octanol–water partition coefficient (Wildman–Crippen LogP) is 1.53. The number of nitrogen functional groups attached to an aromatic ring is 1. The number of nitrogens with one attached hydrogen (secondary N) is 1. The summed E-state index contributed by atoms with van der Waals surface area (Å²) in [4.78, 5) is 18.5. The van der Waals surface area contributed by atoms with Crippen molar-refractivity contribution in [3.63, 3.8) is 0 Å². The molecule has 0 radical (unpaired) electrons. The highest BCUT2D eigenvalue weighted by Crippen LogP contribution is 2.33. The fourth-order valence-electron chi connectivity index (χ4n) is 2.92. The Balaban J connectivity index is 2.10. The summed E-state index contributed by atoms with van der Waals surface area (Å²) in [5.41, 5.74) is 8.49. The summed E-state index contributed by atoms with van der Waals surface area (Å²) < 4.78 is 0. The van der Waals surface area contributed by atoms with Crippen molar-refractivity contribution in [3.05, 3.63) is 30.5 Å². The van der Waals surface area contributed by atoms with Gasteiger partial charge in [-0.15, -0.1) is 0 Å². The van der Waals surface area contributed by atoms with E-state index >= 15 is 0 Å². The fourth-order valence-corrected chi connectivity index (χ4v) is 2.92. The molecule has 3 rings (SSSR count). The van der Waals surface area contributed by atoms with Crippen LogP contribution < -0.4 is 16.0 Å². The van der Waals surface area contributed by atoms with E-state index in [1.165, 1.54) is 0 Å². The molecule has 1 aromatic heterocycles. The third-order valence-electron chi connectivity index (χ3n) is 3.89. The van der Waals surface area contributed by atoms with Gasteiger partial charge in [0.25, 0.3) is 0 Å². The molecule has 2 aromatic rings. The molecule has 1 amide bonds. The lowest BCUT2D eigenvalue weighted by molar-refractivity contribution is -0.121. The number of nitrogens with zero attached hydrogens (tertiary/aromatic N) is 2. The molecule has 20 heavy (non-hydrogen) atoms. The van der Waals surface area contributed by atoms with Crippen LogP contribution in [0.2, 0.25) is 0 Å². The number of anilines is 2. The second-order valence-electron chi connectivity index (χ2n) is 5.04. The highest BCUT2D eigenvalue weighted by atomic mass is 16.2. The number of benzene rings is 1. The average Bonchev–Trinajstić information content (AvgIpc) is 2.96. The molecule has 1 aliphatic heterocycles. The van der Waals surface area contributed by atoms with Crippen LogP contribution in [0.1, 0.15) is 12.8 Å².